The Morgan fingerprint density at radius 2 is 1.69 bits per heavy atom. The Hall–Kier alpha value is -3.97. The van der Waals surface area contributed by atoms with Crippen LogP contribution in [0.1, 0.15) is 11.1 Å². The molecule has 0 fully saturated rings. The second kappa shape index (κ2) is 9.89. The number of carbonyl (C=O) groups is 1. The van der Waals surface area contributed by atoms with Gasteiger partial charge in [0.2, 0.25) is 5.91 Å². The highest BCUT2D eigenvalue weighted by molar-refractivity contribution is 5.91. The lowest BCUT2D eigenvalue weighted by molar-refractivity contribution is -0.121. The second-order valence-electron chi connectivity index (χ2n) is 7.22. The maximum absolute atomic E-state index is 12.2. The van der Waals surface area contributed by atoms with Crippen molar-refractivity contribution in [1.82, 2.24) is 14.8 Å². The number of hydrogen-bond acceptors (Lipinski definition) is 5. The summed E-state index contributed by atoms with van der Waals surface area (Å²) in [4.78, 5) is 16.7. The zero-order valence-corrected chi connectivity index (χ0v) is 18.0. The van der Waals surface area contributed by atoms with Gasteiger partial charge < -0.3 is 14.8 Å². The number of benzene rings is 3. The molecule has 3 aromatic carbocycles. The fraction of sp³-hybridized carbons (Fsp3) is 0.160. The monoisotopic (exact) mass is 428 g/mol. The van der Waals surface area contributed by atoms with Gasteiger partial charge in [0.05, 0.1) is 19.4 Å². The normalized spacial score (nSPS) is 10.7. The minimum absolute atomic E-state index is 0.0195. The van der Waals surface area contributed by atoms with Crippen LogP contribution >= 0.6 is 0 Å². The van der Waals surface area contributed by atoms with E-state index in [0.717, 1.165) is 22.4 Å². The van der Waals surface area contributed by atoms with Crippen LogP contribution in [0.2, 0.25) is 0 Å². The zero-order chi connectivity index (χ0) is 22.3. The summed E-state index contributed by atoms with van der Waals surface area (Å²) in [5.41, 5.74) is 4.56. The van der Waals surface area contributed by atoms with E-state index in [0.29, 0.717) is 18.1 Å². The molecule has 4 rings (SSSR count). The Bertz CT molecular complexity index is 1190. The number of carbonyl (C=O) groups excluding carboxylic acids is 1. The second-order valence-corrected chi connectivity index (χ2v) is 7.22. The van der Waals surface area contributed by atoms with E-state index in [-0.39, 0.29) is 18.5 Å². The third-order valence-corrected chi connectivity index (χ3v) is 4.90. The molecule has 162 valence electrons. The Balaban J connectivity index is 1.44. The summed E-state index contributed by atoms with van der Waals surface area (Å²) in [6.07, 6.45) is 0. The lowest BCUT2D eigenvalue weighted by Crippen LogP contribution is -2.18. The molecule has 1 heterocycles. The van der Waals surface area contributed by atoms with Gasteiger partial charge in [-0.05, 0) is 42.3 Å². The van der Waals surface area contributed by atoms with E-state index in [2.05, 4.69) is 15.4 Å². The molecule has 0 spiro atoms. The summed E-state index contributed by atoms with van der Waals surface area (Å²) in [6, 6.07) is 25.4. The van der Waals surface area contributed by atoms with Crippen molar-refractivity contribution in [1.29, 1.82) is 0 Å². The number of nitrogens with zero attached hydrogens (tertiary/aromatic N) is 3. The fourth-order valence-electron chi connectivity index (χ4n) is 3.28. The molecule has 0 saturated heterocycles. The standard InChI is InChI=1S/C25H24N4O3/c1-18-8-6-7-11-22(18)24-27-25(31-2)28-29(24)21-14-12-20(13-15-21)26-23(30)17-32-16-19-9-4-3-5-10-19/h3-15H,16-17H2,1-2H3,(H,26,30). The van der Waals surface area contributed by atoms with Crippen molar-refractivity contribution in [3.63, 3.8) is 0 Å². The van der Waals surface area contributed by atoms with Gasteiger partial charge in [-0.1, -0.05) is 54.6 Å². The van der Waals surface area contributed by atoms with Crippen LogP contribution in [-0.4, -0.2) is 34.4 Å². The van der Waals surface area contributed by atoms with Crippen LogP contribution in [-0.2, 0) is 16.1 Å². The Kier molecular flexibility index (Phi) is 6.57. The van der Waals surface area contributed by atoms with Crippen molar-refractivity contribution in [3.05, 3.63) is 90.0 Å². The van der Waals surface area contributed by atoms with Crippen LogP contribution in [0, 0.1) is 6.92 Å². The molecule has 1 aromatic heterocycles. The molecule has 7 heteroatoms. The molecule has 0 aliphatic carbocycles. The van der Waals surface area contributed by atoms with E-state index in [1.54, 1.807) is 11.8 Å². The van der Waals surface area contributed by atoms with Crippen LogP contribution in [0.25, 0.3) is 17.1 Å². The summed E-state index contributed by atoms with van der Waals surface area (Å²) in [5, 5.41) is 7.30. The van der Waals surface area contributed by atoms with Crippen LogP contribution in [0.5, 0.6) is 6.01 Å². The fourth-order valence-corrected chi connectivity index (χ4v) is 3.28. The highest BCUT2D eigenvalue weighted by Crippen LogP contribution is 2.26. The molecular weight excluding hydrogens is 404 g/mol. The zero-order valence-electron chi connectivity index (χ0n) is 18.0. The van der Waals surface area contributed by atoms with Gasteiger partial charge in [-0.2, -0.15) is 4.98 Å². The molecule has 0 aliphatic heterocycles. The minimum atomic E-state index is -0.211. The molecule has 0 radical (unpaired) electrons. The average Bonchev–Trinajstić information content (AvgIpc) is 3.25. The van der Waals surface area contributed by atoms with Crippen LogP contribution in [0.15, 0.2) is 78.9 Å². The maximum Gasteiger partial charge on any atom is 0.336 e. The number of amides is 1. The summed E-state index contributed by atoms with van der Waals surface area (Å²) < 4.78 is 12.5. The molecule has 0 atom stereocenters. The molecule has 1 N–H and O–H groups in total. The topological polar surface area (TPSA) is 78.3 Å². The first-order valence-electron chi connectivity index (χ1n) is 10.2. The number of methoxy groups -OCH3 is 1. The van der Waals surface area contributed by atoms with Crippen molar-refractivity contribution >= 4 is 11.6 Å². The number of aryl methyl sites for hydroxylation is 1. The number of anilines is 1. The number of nitrogens with one attached hydrogen (secondary N) is 1. The van der Waals surface area contributed by atoms with E-state index >= 15 is 0 Å². The van der Waals surface area contributed by atoms with Gasteiger partial charge in [-0.3, -0.25) is 4.79 Å². The molecule has 7 nitrogen and oxygen atoms in total. The number of ether oxygens (including phenoxy) is 2. The number of hydrogen-bond donors (Lipinski definition) is 1. The van der Waals surface area contributed by atoms with E-state index in [4.69, 9.17) is 9.47 Å². The van der Waals surface area contributed by atoms with Crippen molar-refractivity contribution in [2.75, 3.05) is 19.0 Å². The van der Waals surface area contributed by atoms with E-state index in [9.17, 15) is 4.79 Å². The summed E-state index contributed by atoms with van der Waals surface area (Å²) >= 11 is 0. The number of rotatable bonds is 8. The van der Waals surface area contributed by atoms with Crippen LogP contribution in [0.4, 0.5) is 5.69 Å². The largest absolute Gasteiger partial charge is 0.466 e. The molecule has 32 heavy (non-hydrogen) atoms. The molecular formula is C25H24N4O3. The highest BCUT2D eigenvalue weighted by atomic mass is 16.5. The quantitative estimate of drug-likeness (QED) is 0.450. The minimum Gasteiger partial charge on any atom is -0.466 e. The first kappa shape index (κ1) is 21.3. The summed E-state index contributed by atoms with van der Waals surface area (Å²) in [5.74, 6) is 0.475. The molecule has 0 saturated carbocycles. The number of aromatic nitrogens is 3. The molecule has 0 aliphatic rings. The van der Waals surface area contributed by atoms with Gasteiger partial charge in [-0.15, -0.1) is 5.10 Å². The van der Waals surface area contributed by atoms with Crippen LogP contribution in [0.3, 0.4) is 0 Å². The third-order valence-electron chi connectivity index (χ3n) is 4.90. The Labute approximate surface area is 186 Å². The van der Waals surface area contributed by atoms with Crippen molar-refractivity contribution in [3.8, 4) is 23.1 Å². The van der Waals surface area contributed by atoms with Crippen molar-refractivity contribution in [2.45, 2.75) is 13.5 Å². The Morgan fingerprint density at radius 1 is 0.969 bits per heavy atom. The average molecular weight is 428 g/mol. The molecule has 1 amide bonds. The van der Waals surface area contributed by atoms with Gasteiger partial charge >= 0.3 is 6.01 Å². The van der Waals surface area contributed by atoms with Gasteiger partial charge in [0, 0.05) is 11.3 Å². The predicted octanol–water partition coefficient (Wildman–Crippen LogP) is 4.41. The lowest BCUT2D eigenvalue weighted by atomic mass is 10.1. The molecule has 0 bridgehead atoms. The highest BCUT2D eigenvalue weighted by Gasteiger charge is 2.15. The summed E-state index contributed by atoms with van der Waals surface area (Å²) in [7, 11) is 1.54. The van der Waals surface area contributed by atoms with Crippen molar-refractivity contribution in [2.24, 2.45) is 0 Å². The van der Waals surface area contributed by atoms with Gasteiger partial charge in [-0.25, -0.2) is 4.68 Å². The maximum atomic E-state index is 12.2. The molecule has 4 aromatic rings. The third kappa shape index (κ3) is 5.01. The lowest BCUT2D eigenvalue weighted by Gasteiger charge is -2.10. The van der Waals surface area contributed by atoms with E-state index in [1.165, 1.54) is 0 Å². The summed E-state index contributed by atoms with van der Waals surface area (Å²) in [6.45, 7) is 2.40. The first-order valence-corrected chi connectivity index (χ1v) is 10.2. The van der Waals surface area contributed by atoms with Gasteiger partial charge in [0.1, 0.15) is 6.61 Å². The van der Waals surface area contributed by atoms with Gasteiger partial charge in [0.15, 0.2) is 5.82 Å². The van der Waals surface area contributed by atoms with Crippen LogP contribution < -0.4 is 10.1 Å². The van der Waals surface area contributed by atoms with E-state index in [1.807, 2.05) is 85.8 Å². The first-order chi connectivity index (χ1) is 15.6. The Morgan fingerprint density at radius 3 is 2.41 bits per heavy atom. The SMILES string of the molecule is COc1nc(-c2ccccc2C)n(-c2ccc(NC(=O)COCc3ccccc3)cc2)n1. The smallest absolute Gasteiger partial charge is 0.336 e. The molecule has 0 unspecified atom stereocenters. The van der Waals surface area contributed by atoms with Gasteiger partial charge in [0.25, 0.3) is 0 Å². The van der Waals surface area contributed by atoms with Crippen molar-refractivity contribution < 1.29 is 14.3 Å². The van der Waals surface area contributed by atoms with E-state index < -0.39 is 0 Å². The predicted molar refractivity (Wildman–Crippen MR) is 123 cm³/mol.